The van der Waals surface area contributed by atoms with Crippen LogP contribution in [0.2, 0.25) is 5.02 Å². The van der Waals surface area contributed by atoms with Crippen molar-refractivity contribution < 1.29 is 4.74 Å². The van der Waals surface area contributed by atoms with Gasteiger partial charge in [-0.1, -0.05) is 17.7 Å². The van der Waals surface area contributed by atoms with Gasteiger partial charge in [0.05, 0.1) is 17.8 Å². The van der Waals surface area contributed by atoms with Gasteiger partial charge in [-0.25, -0.2) is 0 Å². The minimum atomic E-state index is 0.204. The average molecular weight is 263 g/mol. The minimum absolute atomic E-state index is 0.204. The highest BCUT2D eigenvalue weighted by atomic mass is 35.5. The zero-order valence-corrected chi connectivity index (χ0v) is 10.4. The normalized spacial score (nSPS) is 9.89. The van der Waals surface area contributed by atoms with Crippen LogP contribution in [-0.4, -0.2) is 7.11 Å². The van der Waals surface area contributed by atoms with Gasteiger partial charge in [0.25, 0.3) is 0 Å². The second-order valence-electron chi connectivity index (χ2n) is 3.58. The first-order valence-electron chi connectivity index (χ1n) is 5.27. The minimum Gasteiger partial charge on any atom is -0.497 e. The third-order valence-corrected chi connectivity index (χ3v) is 2.75. The fourth-order valence-electron chi connectivity index (χ4n) is 1.54. The first kappa shape index (κ1) is 12.4. The molecule has 0 saturated carbocycles. The summed E-state index contributed by atoms with van der Waals surface area (Å²) in [7, 11) is 1.60. The van der Waals surface area contributed by atoms with Crippen molar-refractivity contribution in [3.63, 3.8) is 0 Å². The molecule has 92 valence electrons. The molecule has 0 bridgehead atoms. The topological polar surface area (TPSA) is 50.7 Å². The Bertz CT molecular complexity index is 555. The monoisotopic (exact) mass is 262 g/mol. The molecule has 5 heteroatoms. The van der Waals surface area contributed by atoms with Crippen LogP contribution in [0.5, 0.6) is 5.75 Å². The number of benzene rings is 2. The number of rotatable bonds is 4. The Hall–Kier alpha value is -2.07. The molecule has 0 saturated heterocycles. The molecule has 1 N–H and O–H groups in total. The molecule has 2 aromatic carbocycles. The van der Waals surface area contributed by atoms with E-state index in [9.17, 15) is 4.91 Å². The molecule has 0 radical (unpaired) electrons. The molecule has 0 aliphatic rings. The summed E-state index contributed by atoms with van der Waals surface area (Å²) in [6, 6.07) is 12.4. The van der Waals surface area contributed by atoms with Crippen LogP contribution >= 0.6 is 11.6 Å². The van der Waals surface area contributed by atoms with E-state index < -0.39 is 0 Å². The van der Waals surface area contributed by atoms with Crippen LogP contribution in [0, 0.1) is 4.91 Å². The van der Waals surface area contributed by atoms with Gasteiger partial charge in [-0.2, -0.15) is 0 Å². The molecule has 18 heavy (non-hydrogen) atoms. The Morgan fingerprint density at radius 1 is 1.17 bits per heavy atom. The summed E-state index contributed by atoms with van der Waals surface area (Å²) in [5.74, 6) is 0.764. The van der Waals surface area contributed by atoms with Gasteiger partial charge >= 0.3 is 0 Å². The van der Waals surface area contributed by atoms with Crippen LogP contribution in [0.15, 0.2) is 47.6 Å². The number of hydrogen-bond donors (Lipinski definition) is 1. The third-order valence-electron chi connectivity index (χ3n) is 2.45. The highest BCUT2D eigenvalue weighted by Crippen LogP contribution is 2.34. The molecular weight excluding hydrogens is 252 g/mol. The van der Waals surface area contributed by atoms with E-state index in [-0.39, 0.29) is 5.69 Å². The number of nitrogens with zero attached hydrogens (tertiary/aromatic N) is 1. The van der Waals surface area contributed by atoms with Gasteiger partial charge in [0.2, 0.25) is 0 Å². The molecule has 4 nitrogen and oxygen atoms in total. The Morgan fingerprint density at radius 3 is 2.50 bits per heavy atom. The highest BCUT2D eigenvalue weighted by molar-refractivity contribution is 6.33. The first-order chi connectivity index (χ1) is 8.74. The Balaban J connectivity index is 2.28. The lowest BCUT2D eigenvalue weighted by molar-refractivity contribution is 0.415. The van der Waals surface area contributed by atoms with Crippen LogP contribution in [0.25, 0.3) is 0 Å². The molecule has 0 aliphatic heterocycles. The molecule has 2 rings (SSSR count). The van der Waals surface area contributed by atoms with E-state index in [1.165, 1.54) is 0 Å². The van der Waals surface area contributed by atoms with Gasteiger partial charge in [-0.15, -0.1) is 4.91 Å². The van der Waals surface area contributed by atoms with Crippen molar-refractivity contribution in [1.82, 2.24) is 0 Å². The second kappa shape index (κ2) is 5.51. The number of anilines is 2. The summed E-state index contributed by atoms with van der Waals surface area (Å²) >= 11 is 5.89. The van der Waals surface area contributed by atoms with Crippen molar-refractivity contribution in [3.05, 3.63) is 52.4 Å². The zero-order chi connectivity index (χ0) is 13.0. The number of methoxy groups -OCH3 is 1. The lowest BCUT2D eigenvalue weighted by Gasteiger charge is -2.09. The Kier molecular flexibility index (Phi) is 3.79. The van der Waals surface area contributed by atoms with Crippen molar-refractivity contribution in [2.45, 2.75) is 0 Å². The highest BCUT2D eigenvalue weighted by Gasteiger charge is 2.07. The summed E-state index contributed by atoms with van der Waals surface area (Å²) in [6.07, 6.45) is 0. The van der Waals surface area contributed by atoms with Crippen LogP contribution in [-0.2, 0) is 0 Å². The quantitative estimate of drug-likeness (QED) is 0.826. The largest absolute Gasteiger partial charge is 0.497 e. The molecule has 0 aromatic heterocycles. The van der Waals surface area contributed by atoms with Crippen molar-refractivity contribution in [3.8, 4) is 5.75 Å². The van der Waals surface area contributed by atoms with Gasteiger partial charge in [0, 0.05) is 5.69 Å². The van der Waals surface area contributed by atoms with Gasteiger partial charge in [0.1, 0.15) is 11.4 Å². The van der Waals surface area contributed by atoms with E-state index in [1.54, 1.807) is 25.3 Å². The summed E-state index contributed by atoms with van der Waals surface area (Å²) in [5, 5.41) is 6.34. The number of ether oxygens (including phenoxy) is 1. The number of hydrogen-bond acceptors (Lipinski definition) is 4. The van der Waals surface area contributed by atoms with Gasteiger partial charge in [-0.3, -0.25) is 0 Å². The predicted octanol–water partition coefficient (Wildman–Crippen LogP) is 4.49. The first-order valence-corrected chi connectivity index (χ1v) is 5.65. The third kappa shape index (κ3) is 2.60. The van der Waals surface area contributed by atoms with Crippen LogP contribution in [0.1, 0.15) is 0 Å². The molecule has 0 heterocycles. The van der Waals surface area contributed by atoms with Gasteiger partial charge in [-0.05, 0) is 41.6 Å². The number of nitrogens with one attached hydrogen (secondary N) is 1. The summed E-state index contributed by atoms with van der Waals surface area (Å²) in [6.45, 7) is 0. The van der Waals surface area contributed by atoms with Crippen molar-refractivity contribution in [2.75, 3.05) is 12.4 Å². The average Bonchev–Trinajstić information content (AvgIpc) is 2.40. The van der Waals surface area contributed by atoms with Crippen LogP contribution < -0.4 is 10.1 Å². The summed E-state index contributed by atoms with van der Waals surface area (Å²) in [4.78, 5) is 10.7. The fourth-order valence-corrected chi connectivity index (χ4v) is 1.75. The zero-order valence-electron chi connectivity index (χ0n) is 9.68. The SMILES string of the molecule is COc1ccc(Nc2cccc(Cl)c2N=O)cc1. The van der Waals surface area contributed by atoms with Crippen molar-refractivity contribution >= 4 is 28.7 Å². The van der Waals surface area contributed by atoms with Crippen molar-refractivity contribution in [1.29, 1.82) is 0 Å². The van der Waals surface area contributed by atoms with Crippen LogP contribution in [0.3, 0.4) is 0 Å². The smallest absolute Gasteiger partial charge is 0.149 e. The van der Waals surface area contributed by atoms with E-state index in [0.29, 0.717) is 10.7 Å². The predicted molar refractivity (Wildman–Crippen MR) is 73.2 cm³/mol. The Morgan fingerprint density at radius 2 is 1.89 bits per heavy atom. The maximum Gasteiger partial charge on any atom is 0.149 e. The van der Waals surface area contributed by atoms with Crippen LogP contribution in [0.4, 0.5) is 17.1 Å². The number of nitroso groups, excluding NO2 is 1. The molecule has 0 spiro atoms. The molecule has 0 atom stereocenters. The van der Waals surface area contributed by atoms with Gasteiger partial charge < -0.3 is 10.1 Å². The molecule has 2 aromatic rings. The lowest BCUT2D eigenvalue weighted by Crippen LogP contribution is -1.91. The molecule has 0 aliphatic carbocycles. The summed E-state index contributed by atoms with van der Waals surface area (Å²) in [5.41, 5.74) is 1.60. The molecular formula is C13H11ClN2O2. The van der Waals surface area contributed by atoms with E-state index in [2.05, 4.69) is 10.5 Å². The van der Waals surface area contributed by atoms with Gasteiger partial charge in [0.15, 0.2) is 0 Å². The Labute approximate surface area is 110 Å². The molecule has 0 amide bonds. The maximum atomic E-state index is 10.7. The maximum absolute atomic E-state index is 10.7. The fraction of sp³-hybridized carbons (Fsp3) is 0.0769. The number of halogens is 1. The molecule has 0 fully saturated rings. The molecule has 0 unspecified atom stereocenters. The lowest BCUT2D eigenvalue weighted by atomic mass is 10.2. The van der Waals surface area contributed by atoms with Crippen molar-refractivity contribution in [2.24, 2.45) is 5.18 Å². The van der Waals surface area contributed by atoms with E-state index in [4.69, 9.17) is 16.3 Å². The summed E-state index contributed by atoms with van der Waals surface area (Å²) < 4.78 is 5.07. The second-order valence-corrected chi connectivity index (χ2v) is 3.99. The van der Waals surface area contributed by atoms with E-state index in [1.807, 2.05) is 24.3 Å². The van der Waals surface area contributed by atoms with E-state index in [0.717, 1.165) is 11.4 Å². The van der Waals surface area contributed by atoms with E-state index >= 15 is 0 Å². The standard InChI is InChI=1S/C13H11ClN2O2/c1-18-10-7-5-9(6-8-10)15-12-4-2-3-11(14)13(12)16-17/h2-8,15H,1H3.